The van der Waals surface area contributed by atoms with Crippen molar-refractivity contribution >= 4 is 17.3 Å². The highest BCUT2D eigenvalue weighted by molar-refractivity contribution is 5.92. The lowest BCUT2D eigenvalue weighted by molar-refractivity contribution is -0.119. The summed E-state index contributed by atoms with van der Waals surface area (Å²) in [6, 6.07) is 14.4. The molecule has 1 aliphatic heterocycles. The van der Waals surface area contributed by atoms with Crippen LogP contribution in [-0.4, -0.2) is 19.0 Å². The molecule has 0 saturated carbocycles. The highest BCUT2D eigenvalue weighted by Gasteiger charge is 2.19. The quantitative estimate of drug-likeness (QED) is 0.870. The molecule has 2 atom stereocenters. The number of nitrogens with one attached hydrogen (secondary N) is 1. The monoisotopic (exact) mass is 340 g/mol. The van der Waals surface area contributed by atoms with E-state index in [1.165, 1.54) is 24.2 Å². The summed E-state index contributed by atoms with van der Waals surface area (Å²) in [7, 11) is 0. The molecule has 0 bridgehead atoms. The van der Waals surface area contributed by atoms with Crippen LogP contribution in [0, 0.1) is 17.7 Å². The SMILES string of the molecule is CC1CCN(c2ccc(NC(=O)C(C)Cc3cccc(F)c3)cc2)C1. The van der Waals surface area contributed by atoms with Crippen LogP contribution >= 0.6 is 0 Å². The summed E-state index contributed by atoms with van der Waals surface area (Å²) in [5.74, 6) is 0.202. The molecule has 3 nitrogen and oxygen atoms in total. The fourth-order valence-corrected chi connectivity index (χ4v) is 3.30. The average Bonchev–Trinajstić information content (AvgIpc) is 3.02. The Bertz CT molecular complexity index is 729. The van der Waals surface area contributed by atoms with Gasteiger partial charge in [0.05, 0.1) is 0 Å². The van der Waals surface area contributed by atoms with Crippen LogP contribution in [0.3, 0.4) is 0 Å². The maximum Gasteiger partial charge on any atom is 0.227 e. The Morgan fingerprint density at radius 2 is 2.04 bits per heavy atom. The molecule has 25 heavy (non-hydrogen) atoms. The van der Waals surface area contributed by atoms with E-state index in [2.05, 4.69) is 29.3 Å². The van der Waals surface area contributed by atoms with Crippen LogP contribution in [0.2, 0.25) is 0 Å². The van der Waals surface area contributed by atoms with Crippen LogP contribution < -0.4 is 10.2 Å². The molecule has 2 aromatic rings. The van der Waals surface area contributed by atoms with E-state index in [4.69, 9.17) is 0 Å². The Hall–Kier alpha value is -2.36. The van der Waals surface area contributed by atoms with Crippen molar-refractivity contribution in [3.63, 3.8) is 0 Å². The number of anilines is 2. The summed E-state index contributed by atoms with van der Waals surface area (Å²) in [6.45, 7) is 6.32. The number of amides is 1. The number of nitrogens with zero attached hydrogens (tertiary/aromatic N) is 1. The van der Waals surface area contributed by atoms with Crippen LogP contribution in [0.5, 0.6) is 0 Å². The first-order chi connectivity index (χ1) is 12.0. The minimum Gasteiger partial charge on any atom is -0.371 e. The van der Waals surface area contributed by atoms with Gasteiger partial charge < -0.3 is 10.2 Å². The van der Waals surface area contributed by atoms with Gasteiger partial charge in [-0.15, -0.1) is 0 Å². The van der Waals surface area contributed by atoms with Crippen LogP contribution in [0.15, 0.2) is 48.5 Å². The van der Waals surface area contributed by atoms with Gasteiger partial charge in [-0.2, -0.15) is 0 Å². The smallest absolute Gasteiger partial charge is 0.227 e. The minimum absolute atomic E-state index is 0.0493. The fourth-order valence-electron chi connectivity index (χ4n) is 3.30. The lowest BCUT2D eigenvalue weighted by atomic mass is 10.0. The van der Waals surface area contributed by atoms with E-state index in [-0.39, 0.29) is 17.6 Å². The molecule has 132 valence electrons. The molecule has 2 aromatic carbocycles. The van der Waals surface area contributed by atoms with Crippen molar-refractivity contribution < 1.29 is 9.18 Å². The van der Waals surface area contributed by atoms with E-state index in [0.29, 0.717) is 6.42 Å². The average molecular weight is 340 g/mol. The lowest BCUT2D eigenvalue weighted by Gasteiger charge is -2.19. The first-order valence-electron chi connectivity index (χ1n) is 8.91. The van der Waals surface area contributed by atoms with Crippen LogP contribution in [-0.2, 0) is 11.2 Å². The molecular weight excluding hydrogens is 315 g/mol. The summed E-state index contributed by atoms with van der Waals surface area (Å²) in [5.41, 5.74) is 2.84. The maximum atomic E-state index is 13.3. The third-order valence-electron chi connectivity index (χ3n) is 4.80. The molecule has 0 radical (unpaired) electrons. The summed E-state index contributed by atoms with van der Waals surface area (Å²) >= 11 is 0. The number of hydrogen-bond acceptors (Lipinski definition) is 2. The molecule has 1 N–H and O–H groups in total. The standard InChI is InChI=1S/C21H25FN2O/c1-15-10-11-24(14-15)20-8-6-19(7-9-20)23-21(25)16(2)12-17-4-3-5-18(22)13-17/h3-9,13,15-16H,10-12,14H2,1-2H3,(H,23,25). The van der Waals surface area contributed by atoms with Gasteiger partial charge in [-0.25, -0.2) is 4.39 Å². The summed E-state index contributed by atoms with van der Waals surface area (Å²) in [5, 5.41) is 2.95. The topological polar surface area (TPSA) is 32.3 Å². The van der Waals surface area contributed by atoms with Crippen LogP contribution in [0.1, 0.15) is 25.8 Å². The van der Waals surface area contributed by atoms with Crippen molar-refractivity contribution in [3.8, 4) is 0 Å². The van der Waals surface area contributed by atoms with Crippen molar-refractivity contribution in [1.82, 2.24) is 0 Å². The van der Waals surface area contributed by atoms with Gasteiger partial charge in [-0.1, -0.05) is 26.0 Å². The van der Waals surface area contributed by atoms with Gasteiger partial charge >= 0.3 is 0 Å². The minimum atomic E-state index is -0.267. The van der Waals surface area contributed by atoms with E-state index >= 15 is 0 Å². The molecule has 1 heterocycles. The number of rotatable bonds is 5. The largest absolute Gasteiger partial charge is 0.371 e. The zero-order valence-corrected chi connectivity index (χ0v) is 14.8. The molecule has 0 aliphatic carbocycles. The summed E-state index contributed by atoms with van der Waals surface area (Å²) < 4.78 is 13.3. The molecule has 1 amide bonds. The van der Waals surface area contributed by atoms with Gasteiger partial charge in [0.1, 0.15) is 5.82 Å². The van der Waals surface area contributed by atoms with Gasteiger partial charge in [0.25, 0.3) is 0 Å². The normalized spacial score (nSPS) is 18.2. The predicted molar refractivity (Wildman–Crippen MR) is 100 cm³/mol. The first kappa shape index (κ1) is 17.5. The van der Waals surface area contributed by atoms with Crippen molar-refractivity contribution in [2.24, 2.45) is 11.8 Å². The highest BCUT2D eigenvalue weighted by atomic mass is 19.1. The summed E-state index contributed by atoms with van der Waals surface area (Å²) in [4.78, 5) is 14.7. The molecule has 1 fully saturated rings. The molecule has 3 rings (SSSR count). The van der Waals surface area contributed by atoms with Gasteiger partial charge in [-0.05, 0) is 60.7 Å². The van der Waals surface area contributed by atoms with E-state index < -0.39 is 0 Å². The Balaban J connectivity index is 1.57. The number of halogens is 1. The molecular formula is C21H25FN2O. The molecule has 1 saturated heterocycles. The Kier molecular flexibility index (Phi) is 5.37. The van der Waals surface area contributed by atoms with Gasteiger partial charge in [0, 0.05) is 30.4 Å². The Morgan fingerprint density at radius 1 is 1.28 bits per heavy atom. The Labute approximate surface area is 148 Å². The zero-order valence-electron chi connectivity index (χ0n) is 14.8. The number of carbonyl (C=O) groups is 1. The third kappa shape index (κ3) is 4.59. The van der Waals surface area contributed by atoms with E-state index in [9.17, 15) is 9.18 Å². The maximum absolute atomic E-state index is 13.3. The molecule has 1 aliphatic rings. The highest BCUT2D eigenvalue weighted by Crippen LogP contribution is 2.25. The second-order valence-corrected chi connectivity index (χ2v) is 7.11. The van der Waals surface area contributed by atoms with Crippen LogP contribution in [0.4, 0.5) is 15.8 Å². The molecule has 4 heteroatoms. The van der Waals surface area contributed by atoms with Gasteiger partial charge in [-0.3, -0.25) is 4.79 Å². The summed E-state index contributed by atoms with van der Waals surface area (Å²) in [6.07, 6.45) is 1.75. The number of benzene rings is 2. The number of carbonyl (C=O) groups excluding carboxylic acids is 1. The Morgan fingerprint density at radius 3 is 2.68 bits per heavy atom. The molecule has 2 unspecified atom stereocenters. The van der Waals surface area contributed by atoms with E-state index in [0.717, 1.165) is 30.3 Å². The van der Waals surface area contributed by atoms with E-state index in [1.807, 2.05) is 25.1 Å². The number of hydrogen-bond donors (Lipinski definition) is 1. The van der Waals surface area contributed by atoms with Crippen LogP contribution in [0.25, 0.3) is 0 Å². The van der Waals surface area contributed by atoms with Crippen molar-refractivity contribution in [3.05, 3.63) is 59.9 Å². The second kappa shape index (κ2) is 7.68. The fraction of sp³-hybridized carbons (Fsp3) is 0.381. The van der Waals surface area contributed by atoms with Crippen molar-refractivity contribution in [2.45, 2.75) is 26.7 Å². The van der Waals surface area contributed by atoms with E-state index in [1.54, 1.807) is 6.07 Å². The van der Waals surface area contributed by atoms with Gasteiger partial charge in [0.2, 0.25) is 5.91 Å². The third-order valence-corrected chi connectivity index (χ3v) is 4.80. The first-order valence-corrected chi connectivity index (χ1v) is 8.91. The van der Waals surface area contributed by atoms with Gasteiger partial charge in [0.15, 0.2) is 0 Å². The molecule has 0 aromatic heterocycles. The second-order valence-electron chi connectivity index (χ2n) is 7.11. The van der Waals surface area contributed by atoms with Crippen molar-refractivity contribution in [2.75, 3.05) is 23.3 Å². The lowest BCUT2D eigenvalue weighted by Crippen LogP contribution is -2.22. The zero-order chi connectivity index (χ0) is 17.8. The molecule has 0 spiro atoms. The predicted octanol–water partition coefficient (Wildman–Crippen LogP) is 4.49. The van der Waals surface area contributed by atoms with Crippen molar-refractivity contribution in [1.29, 1.82) is 0 Å².